The zero-order valence-electron chi connectivity index (χ0n) is 18.3. The average Bonchev–Trinajstić information content (AvgIpc) is 3.13. The van der Waals surface area contributed by atoms with Crippen molar-refractivity contribution in [3.63, 3.8) is 0 Å². The van der Waals surface area contributed by atoms with Crippen molar-refractivity contribution in [2.75, 3.05) is 19.5 Å². The number of nitrogens with one attached hydrogen (secondary N) is 2. The van der Waals surface area contributed by atoms with E-state index in [1.165, 1.54) is 0 Å². The summed E-state index contributed by atoms with van der Waals surface area (Å²) in [5, 5.41) is 7.30. The largest absolute Gasteiger partial charge is 0.491 e. The number of aryl methyl sites for hydroxylation is 1. The number of hydrogen-bond acceptors (Lipinski definition) is 6. The molecule has 0 aliphatic carbocycles. The van der Waals surface area contributed by atoms with E-state index in [0.29, 0.717) is 36.2 Å². The van der Waals surface area contributed by atoms with Crippen molar-refractivity contribution >= 4 is 22.6 Å². The lowest BCUT2D eigenvalue weighted by Crippen LogP contribution is -2.15. The summed E-state index contributed by atoms with van der Waals surface area (Å²) >= 11 is 0. The van der Waals surface area contributed by atoms with Gasteiger partial charge < -0.3 is 21.1 Å². The van der Waals surface area contributed by atoms with Crippen molar-refractivity contribution in [1.29, 1.82) is 0 Å². The van der Waals surface area contributed by atoms with Gasteiger partial charge in [0.15, 0.2) is 11.6 Å². The SMILES string of the molecule is CNCc1nc(-n2c(C)cc3c(C(N)=O)cccc32)nc(NCc2ccccc2)c1OC. The van der Waals surface area contributed by atoms with Gasteiger partial charge in [0.2, 0.25) is 11.9 Å². The summed E-state index contributed by atoms with van der Waals surface area (Å²) in [6.45, 7) is 3.04. The second kappa shape index (κ2) is 9.07. The van der Waals surface area contributed by atoms with Gasteiger partial charge in [0.1, 0.15) is 5.69 Å². The van der Waals surface area contributed by atoms with E-state index in [9.17, 15) is 4.79 Å². The maximum atomic E-state index is 11.9. The number of hydrogen-bond donors (Lipinski definition) is 3. The lowest BCUT2D eigenvalue weighted by Gasteiger charge is -2.17. The number of aromatic nitrogens is 3. The number of amides is 1. The number of rotatable bonds is 8. The second-order valence-electron chi connectivity index (χ2n) is 7.45. The first-order valence-electron chi connectivity index (χ1n) is 10.3. The molecule has 4 rings (SSSR count). The van der Waals surface area contributed by atoms with Crippen LogP contribution >= 0.6 is 0 Å². The molecule has 0 fully saturated rings. The molecule has 0 bridgehead atoms. The molecule has 1 amide bonds. The molecule has 4 N–H and O–H groups in total. The number of benzene rings is 2. The van der Waals surface area contributed by atoms with Gasteiger partial charge in [-0.1, -0.05) is 36.4 Å². The van der Waals surface area contributed by atoms with Crippen LogP contribution in [0.4, 0.5) is 5.82 Å². The van der Waals surface area contributed by atoms with Crippen LogP contribution in [0.25, 0.3) is 16.9 Å². The Morgan fingerprint density at radius 3 is 2.56 bits per heavy atom. The Morgan fingerprint density at radius 2 is 1.88 bits per heavy atom. The monoisotopic (exact) mass is 430 g/mol. The van der Waals surface area contributed by atoms with Gasteiger partial charge in [0, 0.05) is 29.7 Å². The standard InChI is InChI=1S/C24H26N6O2/c1-15-12-18-17(22(25)31)10-7-11-20(18)30(15)24-28-19(14-26-2)21(32-3)23(29-24)27-13-16-8-5-4-6-9-16/h4-12,26H,13-14H2,1-3H3,(H2,25,31)(H,27,28,29). The quantitative estimate of drug-likeness (QED) is 0.396. The first kappa shape index (κ1) is 21.3. The Labute approximate surface area is 186 Å². The van der Waals surface area contributed by atoms with E-state index in [2.05, 4.69) is 10.6 Å². The Hall–Kier alpha value is -3.91. The van der Waals surface area contributed by atoms with Crippen LogP contribution in [-0.4, -0.2) is 34.6 Å². The van der Waals surface area contributed by atoms with Crippen molar-refractivity contribution < 1.29 is 9.53 Å². The highest BCUT2D eigenvalue weighted by Crippen LogP contribution is 2.31. The predicted octanol–water partition coefficient (Wildman–Crippen LogP) is 3.17. The number of fused-ring (bicyclic) bond motifs is 1. The number of primary amides is 1. The summed E-state index contributed by atoms with van der Waals surface area (Å²) in [5.41, 5.74) is 9.61. The van der Waals surface area contributed by atoms with Gasteiger partial charge in [-0.3, -0.25) is 9.36 Å². The van der Waals surface area contributed by atoms with Crippen molar-refractivity contribution in [3.05, 3.63) is 77.1 Å². The molecule has 0 saturated heterocycles. The molecule has 0 unspecified atom stereocenters. The highest BCUT2D eigenvalue weighted by atomic mass is 16.5. The molecule has 8 heteroatoms. The van der Waals surface area contributed by atoms with Gasteiger partial charge in [-0.25, -0.2) is 4.98 Å². The minimum absolute atomic E-state index is 0.468. The van der Waals surface area contributed by atoms with Crippen LogP contribution in [0, 0.1) is 6.92 Å². The topological polar surface area (TPSA) is 107 Å². The summed E-state index contributed by atoms with van der Waals surface area (Å²) in [7, 11) is 3.47. The number of methoxy groups -OCH3 is 1. The molecule has 0 atom stereocenters. The molecular weight excluding hydrogens is 404 g/mol. The first-order valence-corrected chi connectivity index (χ1v) is 10.3. The second-order valence-corrected chi connectivity index (χ2v) is 7.45. The van der Waals surface area contributed by atoms with Crippen LogP contribution in [0.15, 0.2) is 54.6 Å². The van der Waals surface area contributed by atoms with Gasteiger partial charge >= 0.3 is 0 Å². The summed E-state index contributed by atoms with van der Waals surface area (Å²) < 4.78 is 7.58. The van der Waals surface area contributed by atoms with Crippen LogP contribution in [0.3, 0.4) is 0 Å². The third-order valence-electron chi connectivity index (χ3n) is 5.27. The molecule has 0 spiro atoms. The molecule has 164 valence electrons. The van der Waals surface area contributed by atoms with E-state index in [0.717, 1.165) is 27.9 Å². The number of carbonyl (C=O) groups excluding carboxylic acids is 1. The van der Waals surface area contributed by atoms with Crippen LogP contribution < -0.4 is 21.1 Å². The molecule has 8 nitrogen and oxygen atoms in total. The summed E-state index contributed by atoms with van der Waals surface area (Å²) in [6.07, 6.45) is 0. The van der Waals surface area contributed by atoms with Gasteiger partial charge in [-0.05, 0) is 37.7 Å². The zero-order valence-corrected chi connectivity index (χ0v) is 18.3. The predicted molar refractivity (Wildman–Crippen MR) is 125 cm³/mol. The van der Waals surface area contributed by atoms with E-state index in [1.54, 1.807) is 13.2 Å². The minimum atomic E-state index is -0.468. The average molecular weight is 431 g/mol. The lowest BCUT2D eigenvalue weighted by molar-refractivity contribution is 0.100. The van der Waals surface area contributed by atoms with Crippen LogP contribution in [-0.2, 0) is 13.1 Å². The smallest absolute Gasteiger partial charge is 0.249 e. The van der Waals surface area contributed by atoms with E-state index in [1.807, 2.05) is 67.1 Å². The molecule has 2 heterocycles. The molecule has 4 aromatic rings. The van der Waals surface area contributed by atoms with Crippen LogP contribution in [0.5, 0.6) is 5.75 Å². The Morgan fingerprint density at radius 1 is 1.09 bits per heavy atom. The molecule has 2 aromatic carbocycles. The number of nitrogens with zero attached hydrogens (tertiary/aromatic N) is 3. The Kier molecular flexibility index (Phi) is 6.04. The molecule has 2 aromatic heterocycles. The van der Waals surface area contributed by atoms with Crippen LogP contribution in [0.2, 0.25) is 0 Å². The Bertz CT molecular complexity index is 1270. The third kappa shape index (κ3) is 4.00. The maximum Gasteiger partial charge on any atom is 0.249 e. The molecule has 0 radical (unpaired) electrons. The van der Waals surface area contributed by atoms with Crippen molar-refractivity contribution in [2.24, 2.45) is 5.73 Å². The van der Waals surface area contributed by atoms with Crippen LogP contribution in [0.1, 0.15) is 27.3 Å². The van der Waals surface area contributed by atoms with E-state index >= 15 is 0 Å². The maximum absolute atomic E-state index is 11.9. The summed E-state index contributed by atoms with van der Waals surface area (Å²) in [6, 6.07) is 17.5. The number of ether oxygens (including phenoxy) is 1. The molecule has 0 saturated carbocycles. The highest BCUT2D eigenvalue weighted by molar-refractivity contribution is 6.06. The van der Waals surface area contributed by atoms with Crippen molar-refractivity contribution in [2.45, 2.75) is 20.0 Å². The van der Waals surface area contributed by atoms with Gasteiger partial charge in [-0.15, -0.1) is 0 Å². The van der Waals surface area contributed by atoms with E-state index < -0.39 is 5.91 Å². The van der Waals surface area contributed by atoms with Gasteiger partial charge in [0.05, 0.1) is 12.6 Å². The summed E-state index contributed by atoms with van der Waals surface area (Å²) in [4.78, 5) is 21.5. The molecule has 0 aliphatic rings. The number of anilines is 1. The number of nitrogens with two attached hydrogens (primary N) is 1. The van der Waals surface area contributed by atoms with Crippen molar-refractivity contribution in [3.8, 4) is 11.7 Å². The van der Waals surface area contributed by atoms with E-state index in [-0.39, 0.29) is 0 Å². The highest BCUT2D eigenvalue weighted by Gasteiger charge is 2.19. The fourth-order valence-electron chi connectivity index (χ4n) is 3.83. The molecular formula is C24H26N6O2. The normalized spacial score (nSPS) is 11.0. The van der Waals surface area contributed by atoms with Gasteiger partial charge in [-0.2, -0.15) is 4.98 Å². The van der Waals surface area contributed by atoms with E-state index in [4.69, 9.17) is 20.4 Å². The third-order valence-corrected chi connectivity index (χ3v) is 5.27. The minimum Gasteiger partial charge on any atom is -0.491 e. The summed E-state index contributed by atoms with van der Waals surface area (Å²) in [5.74, 6) is 1.20. The zero-order chi connectivity index (χ0) is 22.7. The fraction of sp³-hybridized carbons (Fsp3) is 0.208. The molecule has 32 heavy (non-hydrogen) atoms. The van der Waals surface area contributed by atoms with Crippen molar-refractivity contribution in [1.82, 2.24) is 19.9 Å². The molecule has 0 aliphatic heterocycles. The number of carbonyl (C=O) groups is 1. The fourth-order valence-corrected chi connectivity index (χ4v) is 3.83. The Balaban J connectivity index is 1.86. The lowest BCUT2D eigenvalue weighted by atomic mass is 10.1. The first-order chi connectivity index (χ1) is 15.5. The van der Waals surface area contributed by atoms with Gasteiger partial charge in [0.25, 0.3) is 0 Å².